The Hall–Kier alpha value is -0.150. The molecule has 0 N–H and O–H groups in total. The minimum absolute atomic E-state index is 0.126. The molecule has 90 valence electrons. The Labute approximate surface area is 107 Å². The van der Waals surface area contributed by atoms with Gasteiger partial charge in [-0.15, -0.1) is 11.8 Å². The van der Waals surface area contributed by atoms with Gasteiger partial charge in [0.1, 0.15) is 5.82 Å². The summed E-state index contributed by atoms with van der Waals surface area (Å²) in [5, 5.41) is 0. The van der Waals surface area contributed by atoms with Crippen LogP contribution in [0, 0.1) is 17.2 Å². The third kappa shape index (κ3) is 4.02. The zero-order chi connectivity index (χ0) is 12.2. The highest BCUT2D eigenvalue weighted by molar-refractivity contribution is 7.99. The summed E-state index contributed by atoms with van der Waals surface area (Å²) in [6.45, 7) is 6.61. The maximum Gasteiger partial charge on any atom is 0.136 e. The molecule has 0 bridgehead atoms. The van der Waals surface area contributed by atoms with Gasteiger partial charge in [0.15, 0.2) is 0 Å². The van der Waals surface area contributed by atoms with Crippen LogP contribution < -0.4 is 0 Å². The number of benzene rings is 1. The lowest BCUT2D eigenvalue weighted by atomic mass is 9.83. The monoisotopic (exact) mass is 258 g/mol. The average Bonchev–Trinajstić information content (AvgIpc) is 2.19. The van der Waals surface area contributed by atoms with Crippen molar-refractivity contribution >= 4 is 24.4 Å². The molecule has 1 rings (SSSR count). The molecule has 0 aromatic heterocycles. The fraction of sp³-hybridized carbons (Fsp3) is 0.538. The molecule has 0 spiro atoms. The van der Waals surface area contributed by atoms with Crippen LogP contribution in [0.5, 0.6) is 0 Å². The molecule has 0 nitrogen and oxygen atoms in total. The van der Waals surface area contributed by atoms with Gasteiger partial charge in [0.2, 0.25) is 0 Å². The normalized spacial score (nSPS) is 13.8. The van der Waals surface area contributed by atoms with Crippen LogP contribution in [0.2, 0.25) is 0 Å². The van der Waals surface area contributed by atoms with Crippen molar-refractivity contribution < 1.29 is 4.39 Å². The van der Waals surface area contributed by atoms with Gasteiger partial charge in [-0.3, -0.25) is 0 Å². The standard InChI is InChI=1S/C13H19FS2/c1-13(2,3)10(8-15)9-16-12-7-5-4-6-11(12)14/h4-7,10,15H,8-9H2,1-3H3. The number of hydrogen-bond acceptors (Lipinski definition) is 2. The molecule has 3 heteroatoms. The number of halogens is 1. The van der Waals surface area contributed by atoms with Crippen molar-refractivity contribution in [3.63, 3.8) is 0 Å². The largest absolute Gasteiger partial charge is 0.206 e. The maximum atomic E-state index is 13.4. The number of rotatable bonds is 4. The second kappa shape index (κ2) is 5.97. The summed E-state index contributed by atoms with van der Waals surface area (Å²) in [7, 11) is 0. The van der Waals surface area contributed by atoms with Gasteiger partial charge in [-0.05, 0) is 29.2 Å². The van der Waals surface area contributed by atoms with Crippen molar-refractivity contribution in [1.29, 1.82) is 0 Å². The van der Waals surface area contributed by atoms with Crippen molar-refractivity contribution in [1.82, 2.24) is 0 Å². The predicted octanol–water partition coefficient (Wildman–Crippen LogP) is 4.51. The Kier molecular flexibility index (Phi) is 5.19. The molecule has 0 aliphatic heterocycles. The van der Waals surface area contributed by atoms with E-state index in [2.05, 4.69) is 33.4 Å². The van der Waals surface area contributed by atoms with E-state index in [1.54, 1.807) is 17.8 Å². The molecule has 0 amide bonds. The molecule has 1 unspecified atom stereocenters. The molecule has 1 aromatic carbocycles. The number of thiol groups is 1. The van der Waals surface area contributed by atoms with Crippen LogP contribution >= 0.6 is 24.4 Å². The van der Waals surface area contributed by atoms with Crippen molar-refractivity contribution in [3.05, 3.63) is 30.1 Å². The van der Waals surface area contributed by atoms with Crippen molar-refractivity contribution in [3.8, 4) is 0 Å². The molecule has 0 fully saturated rings. The Balaban J connectivity index is 2.60. The molecular weight excluding hydrogens is 239 g/mol. The summed E-state index contributed by atoms with van der Waals surface area (Å²) >= 11 is 5.96. The molecule has 0 aliphatic rings. The van der Waals surface area contributed by atoms with E-state index < -0.39 is 0 Å². The fourth-order valence-corrected chi connectivity index (χ4v) is 3.56. The molecule has 16 heavy (non-hydrogen) atoms. The predicted molar refractivity (Wildman–Crippen MR) is 73.9 cm³/mol. The molecular formula is C13H19FS2. The van der Waals surface area contributed by atoms with Crippen LogP contribution in [0.1, 0.15) is 20.8 Å². The van der Waals surface area contributed by atoms with Gasteiger partial charge in [-0.1, -0.05) is 32.9 Å². The van der Waals surface area contributed by atoms with E-state index in [-0.39, 0.29) is 11.2 Å². The zero-order valence-electron chi connectivity index (χ0n) is 10.0. The molecule has 0 saturated carbocycles. The summed E-state index contributed by atoms with van der Waals surface area (Å²) in [5.41, 5.74) is 0.222. The summed E-state index contributed by atoms with van der Waals surface area (Å²) in [4.78, 5) is 0.735. The minimum Gasteiger partial charge on any atom is -0.206 e. The Morgan fingerprint density at radius 3 is 2.44 bits per heavy atom. The number of hydrogen-bond donors (Lipinski definition) is 1. The number of thioether (sulfide) groups is 1. The summed E-state index contributed by atoms with van der Waals surface area (Å²) in [5.74, 6) is 2.11. The minimum atomic E-state index is -0.126. The lowest BCUT2D eigenvalue weighted by Gasteiger charge is -2.29. The molecule has 0 radical (unpaired) electrons. The third-order valence-corrected chi connectivity index (χ3v) is 4.37. The first kappa shape index (κ1) is 13.9. The molecule has 1 aromatic rings. The second-order valence-corrected chi connectivity index (χ2v) is 6.41. The third-order valence-electron chi connectivity index (χ3n) is 2.72. The van der Waals surface area contributed by atoms with Crippen LogP contribution in [0.4, 0.5) is 4.39 Å². The van der Waals surface area contributed by atoms with Crippen molar-refractivity contribution in [2.75, 3.05) is 11.5 Å². The topological polar surface area (TPSA) is 0 Å². The highest BCUT2D eigenvalue weighted by Gasteiger charge is 2.23. The van der Waals surface area contributed by atoms with Crippen LogP contribution in [-0.2, 0) is 0 Å². The average molecular weight is 258 g/mol. The van der Waals surface area contributed by atoms with E-state index in [0.717, 1.165) is 16.4 Å². The lowest BCUT2D eigenvalue weighted by molar-refractivity contribution is 0.294. The molecule has 0 saturated heterocycles. The first-order valence-corrected chi connectivity index (χ1v) is 7.05. The van der Waals surface area contributed by atoms with Gasteiger partial charge in [0.25, 0.3) is 0 Å². The summed E-state index contributed by atoms with van der Waals surface area (Å²) < 4.78 is 13.4. The van der Waals surface area contributed by atoms with E-state index in [9.17, 15) is 4.39 Å². The van der Waals surface area contributed by atoms with Gasteiger partial charge in [0.05, 0.1) is 0 Å². The Bertz CT molecular complexity index is 331. The SMILES string of the molecule is CC(C)(C)C(CS)CSc1ccccc1F. The second-order valence-electron chi connectivity index (χ2n) is 4.99. The van der Waals surface area contributed by atoms with Crippen LogP contribution in [0.3, 0.4) is 0 Å². The highest BCUT2D eigenvalue weighted by Crippen LogP contribution is 2.33. The molecule has 1 atom stereocenters. The van der Waals surface area contributed by atoms with Gasteiger partial charge in [0, 0.05) is 10.6 Å². The van der Waals surface area contributed by atoms with E-state index in [1.807, 2.05) is 12.1 Å². The molecule has 0 heterocycles. The van der Waals surface area contributed by atoms with Gasteiger partial charge in [-0.2, -0.15) is 12.6 Å². The van der Waals surface area contributed by atoms with Crippen molar-refractivity contribution in [2.45, 2.75) is 25.7 Å². The fourth-order valence-electron chi connectivity index (χ4n) is 1.33. The quantitative estimate of drug-likeness (QED) is 0.612. The first-order valence-electron chi connectivity index (χ1n) is 5.43. The van der Waals surface area contributed by atoms with Crippen LogP contribution in [0.15, 0.2) is 29.2 Å². The first-order chi connectivity index (χ1) is 7.45. The van der Waals surface area contributed by atoms with Gasteiger partial charge >= 0.3 is 0 Å². The smallest absolute Gasteiger partial charge is 0.136 e. The molecule has 0 aliphatic carbocycles. The Morgan fingerprint density at radius 2 is 1.94 bits per heavy atom. The Morgan fingerprint density at radius 1 is 1.31 bits per heavy atom. The van der Waals surface area contributed by atoms with E-state index >= 15 is 0 Å². The summed E-state index contributed by atoms with van der Waals surface area (Å²) in [6, 6.07) is 6.94. The van der Waals surface area contributed by atoms with Crippen LogP contribution in [-0.4, -0.2) is 11.5 Å². The zero-order valence-corrected chi connectivity index (χ0v) is 11.7. The van der Waals surface area contributed by atoms with E-state index in [4.69, 9.17) is 0 Å². The maximum absolute atomic E-state index is 13.4. The van der Waals surface area contributed by atoms with E-state index in [0.29, 0.717) is 5.92 Å². The highest BCUT2D eigenvalue weighted by atomic mass is 32.2. The van der Waals surface area contributed by atoms with Crippen molar-refractivity contribution in [2.24, 2.45) is 11.3 Å². The van der Waals surface area contributed by atoms with Crippen LogP contribution in [0.25, 0.3) is 0 Å². The summed E-state index contributed by atoms with van der Waals surface area (Å²) in [6.07, 6.45) is 0. The van der Waals surface area contributed by atoms with E-state index in [1.165, 1.54) is 6.07 Å². The van der Waals surface area contributed by atoms with Gasteiger partial charge < -0.3 is 0 Å². The van der Waals surface area contributed by atoms with Gasteiger partial charge in [-0.25, -0.2) is 4.39 Å². The lowest BCUT2D eigenvalue weighted by Crippen LogP contribution is -2.24.